The molecule has 2 N–H and O–H groups in total. The molecule has 3 atom stereocenters. The van der Waals surface area contributed by atoms with E-state index in [0.29, 0.717) is 35.7 Å². The molecule has 2 aromatic carbocycles. The van der Waals surface area contributed by atoms with Crippen LogP contribution in [0.2, 0.25) is 5.02 Å². The minimum atomic E-state index is -5.16. The number of nitrogens with zero attached hydrogens (tertiary/aromatic N) is 6. The lowest BCUT2D eigenvalue weighted by Crippen LogP contribution is -2.39. The van der Waals surface area contributed by atoms with Gasteiger partial charge in [-0.3, -0.25) is 23.8 Å². The van der Waals surface area contributed by atoms with Gasteiger partial charge < -0.3 is 10.1 Å². The first-order valence-electron chi connectivity index (χ1n) is 20.3. The molecule has 0 spiro atoms. The number of sulfonamides is 1. The second kappa shape index (κ2) is 17.6. The van der Waals surface area contributed by atoms with Crippen LogP contribution in [-0.2, 0) is 58.1 Å². The van der Waals surface area contributed by atoms with Gasteiger partial charge in [-0.15, -0.1) is 6.58 Å². The Labute approximate surface area is 379 Å². The molecule has 4 heterocycles. The summed E-state index contributed by atoms with van der Waals surface area (Å²) in [5.41, 5.74) is -3.53. The number of aromatic nitrogens is 5. The topological polar surface area (TPSA) is 153 Å². The van der Waals surface area contributed by atoms with E-state index < -0.39 is 106 Å². The maximum atomic E-state index is 15.7. The number of likely N-dealkylation sites (tertiary alicyclic amines) is 1. The van der Waals surface area contributed by atoms with Gasteiger partial charge in [0.25, 0.3) is 5.92 Å². The van der Waals surface area contributed by atoms with Crippen LogP contribution in [0.3, 0.4) is 0 Å². The number of carbonyl (C=O) groups excluding carboxylic acids is 2. The molecular formula is C44H42ClF7N8O5S. The van der Waals surface area contributed by atoms with Gasteiger partial charge in [0.1, 0.15) is 35.2 Å². The predicted octanol–water partition coefficient (Wildman–Crippen LogP) is 8.46. The van der Waals surface area contributed by atoms with Crippen LogP contribution in [0.25, 0.3) is 22.0 Å². The summed E-state index contributed by atoms with van der Waals surface area (Å²) in [6.07, 6.45) is -4.05. The highest BCUT2D eigenvalue weighted by Crippen LogP contribution is 2.50. The largest absolute Gasteiger partial charge is 0.444 e. The van der Waals surface area contributed by atoms with Crippen molar-refractivity contribution in [2.24, 2.45) is 13.0 Å². The first-order valence-corrected chi connectivity index (χ1v) is 22.6. The van der Waals surface area contributed by atoms with Crippen LogP contribution < -0.4 is 10.0 Å². The number of alkyl halides is 5. The van der Waals surface area contributed by atoms with Gasteiger partial charge in [0.15, 0.2) is 11.5 Å². The van der Waals surface area contributed by atoms with Crippen LogP contribution in [-0.4, -0.2) is 74.3 Å². The van der Waals surface area contributed by atoms with Crippen molar-refractivity contribution >= 4 is 50.3 Å². The maximum absolute atomic E-state index is 15.7. The highest BCUT2D eigenvalue weighted by molar-refractivity contribution is 7.92. The number of benzene rings is 2. The molecule has 1 saturated heterocycles. The number of ether oxygens (including phenoxy) is 1. The van der Waals surface area contributed by atoms with Gasteiger partial charge in [0.2, 0.25) is 15.9 Å². The van der Waals surface area contributed by atoms with Gasteiger partial charge >= 0.3 is 12.3 Å². The zero-order chi connectivity index (χ0) is 48.3. The minimum Gasteiger partial charge on any atom is -0.444 e. The molecule has 0 bridgehead atoms. The van der Waals surface area contributed by atoms with Crippen LogP contribution in [0.15, 0.2) is 55.1 Å². The maximum Gasteiger partial charge on any atom is 0.435 e. The number of amides is 2. The van der Waals surface area contributed by atoms with Crippen LogP contribution in [0.4, 0.5) is 41.3 Å². The smallest absolute Gasteiger partial charge is 0.435 e. The molecular weight excluding hydrogens is 921 g/mol. The molecule has 2 amide bonds. The Kier molecular flexibility index (Phi) is 12.7. The third kappa shape index (κ3) is 9.99. The van der Waals surface area contributed by atoms with E-state index in [0.717, 1.165) is 24.5 Å². The number of rotatable bonds is 10. The van der Waals surface area contributed by atoms with Gasteiger partial charge in [-0.2, -0.15) is 32.1 Å². The second-order valence-corrected chi connectivity index (χ2v) is 19.2. The lowest BCUT2D eigenvalue weighted by molar-refractivity contribution is -0.142. The molecule has 22 heteroatoms. The molecule has 7 rings (SSSR count). The molecule has 1 aliphatic carbocycles. The van der Waals surface area contributed by atoms with Crippen LogP contribution in [0.5, 0.6) is 0 Å². The summed E-state index contributed by atoms with van der Waals surface area (Å²) in [5.74, 6) is -2.84. The van der Waals surface area contributed by atoms with E-state index in [1.165, 1.54) is 28.8 Å². The molecule has 13 nitrogen and oxygen atoms in total. The molecule has 0 saturated carbocycles. The molecule has 2 aliphatic rings. The van der Waals surface area contributed by atoms with Crippen molar-refractivity contribution in [3.63, 3.8) is 0 Å². The highest BCUT2D eigenvalue weighted by atomic mass is 35.5. The van der Waals surface area contributed by atoms with E-state index in [-0.39, 0.29) is 44.3 Å². The van der Waals surface area contributed by atoms with Crippen molar-refractivity contribution in [1.29, 1.82) is 0 Å². The number of allylic oxidation sites excluding steroid dienone is 1. The second-order valence-electron chi connectivity index (χ2n) is 17.0. The van der Waals surface area contributed by atoms with Crippen LogP contribution >= 0.6 is 11.6 Å². The number of halogens is 8. The molecule has 66 heavy (non-hydrogen) atoms. The number of nitrogens with one attached hydrogen (secondary N) is 2. The third-order valence-corrected chi connectivity index (χ3v) is 11.7. The number of aryl methyl sites for hydroxylation is 1. The van der Waals surface area contributed by atoms with Gasteiger partial charge in [-0.1, -0.05) is 29.7 Å². The molecule has 0 radical (unpaired) electrons. The zero-order valence-corrected chi connectivity index (χ0v) is 37.5. The minimum absolute atomic E-state index is 0.0258. The Morgan fingerprint density at radius 2 is 1.76 bits per heavy atom. The van der Waals surface area contributed by atoms with E-state index in [2.05, 4.69) is 38.7 Å². The van der Waals surface area contributed by atoms with Crippen LogP contribution in [0, 0.1) is 29.4 Å². The lowest BCUT2D eigenvalue weighted by Gasteiger charge is -2.26. The van der Waals surface area contributed by atoms with Gasteiger partial charge in [-0.05, 0) is 88.3 Å². The average Bonchev–Trinajstić information content (AvgIpc) is 3.95. The van der Waals surface area contributed by atoms with Crippen LogP contribution in [0.1, 0.15) is 73.6 Å². The number of pyridine rings is 1. The molecule has 3 aromatic heterocycles. The van der Waals surface area contributed by atoms with E-state index in [9.17, 15) is 40.0 Å². The Morgan fingerprint density at radius 3 is 2.39 bits per heavy atom. The highest BCUT2D eigenvalue weighted by Gasteiger charge is 2.55. The number of carbonyl (C=O) groups is 2. The Morgan fingerprint density at radius 1 is 1.08 bits per heavy atom. The molecule has 1 unspecified atom stereocenters. The molecule has 1 fully saturated rings. The van der Waals surface area contributed by atoms with E-state index >= 15 is 8.78 Å². The first-order chi connectivity index (χ1) is 30.7. The SMILES string of the molecule is C=C[C@@H]1Cc2c(C(F)(F)F)nn(CC(=O)N[C@@H](Cc3cc(F)cc(F)c3)c3nc(C#CC4CCCN4C(=O)OC(C)(C)C)ccc3-c3ccc(Cl)c4c(NS(C)(=O)=O)nn(C)c34)c2C1(F)F. The fraction of sp³-hybridized carbons (Fsp3) is 0.386. The van der Waals surface area contributed by atoms with Gasteiger partial charge in [0.05, 0.1) is 45.9 Å². The number of hydrogen-bond acceptors (Lipinski definition) is 8. The van der Waals surface area contributed by atoms with E-state index in [1.807, 2.05) is 0 Å². The zero-order valence-electron chi connectivity index (χ0n) is 36.0. The van der Waals surface area contributed by atoms with Crippen molar-refractivity contribution in [3.05, 3.63) is 106 Å². The van der Waals surface area contributed by atoms with Crippen molar-refractivity contribution in [1.82, 2.24) is 34.8 Å². The predicted molar refractivity (Wildman–Crippen MR) is 230 cm³/mol. The summed E-state index contributed by atoms with van der Waals surface area (Å²) in [4.78, 5) is 33.5. The standard InChI is InChI=1S/C44H42ClF7N8O5S/c1-7-24-20-31-38(44(50,51)52)55-60(39(31)43(24,48)49)22-34(61)54-33(19-23-17-25(46)21-26(47)18-23)36-29(30-14-15-32(45)35-37(30)58(5)56-40(35)57-66(6,63)64)13-11-27(53-36)10-12-28-9-8-16-59(28)41(62)65-42(2,3)4/h7,11,13-15,17-18,21,24,28,33H,1,8-9,16,19-20,22H2,2-6H3,(H,54,61)(H,56,57)/t24-,28?,33+/m1/s1. The van der Waals surface area contributed by atoms with Crippen molar-refractivity contribution in [3.8, 4) is 23.0 Å². The van der Waals surface area contributed by atoms with E-state index in [1.54, 1.807) is 32.9 Å². The average molecular weight is 963 g/mol. The number of anilines is 1. The Bertz CT molecular complexity index is 2940. The summed E-state index contributed by atoms with van der Waals surface area (Å²) >= 11 is 6.63. The molecule has 5 aromatic rings. The van der Waals surface area contributed by atoms with E-state index in [4.69, 9.17) is 21.3 Å². The fourth-order valence-corrected chi connectivity index (χ4v) is 8.95. The Hall–Kier alpha value is -6.14. The molecule has 350 valence electrons. The normalized spacial score (nSPS) is 17.6. The van der Waals surface area contributed by atoms with Gasteiger partial charge in [-0.25, -0.2) is 27.0 Å². The Balaban J connectivity index is 1.39. The lowest BCUT2D eigenvalue weighted by atomic mass is 9.93. The number of hydrogen-bond donors (Lipinski definition) is 2. The summed E-state index contributed by atoms with van der Waals surface area (Å²) in [6, 6.07) is 6.57. The summed E-state index contributed by atoms with van der Waals surface area (Å²) in [6.45, 7) is 7.72. The first kappa shape index (κ1) is 47.8. The van der Waals surface area contributed by atoms with Crippen molar-refractivity contribution < 1.29 is 53.5 Å². The summed E-state index contributed by atoms with van der Waals surface area (Å²) in [7, 11) is -2.39. The third-order valence-electron chi connectivity index (χ3n) is 10.8. The summed E-state index contributed by atoms with van der Waals surface area (Å²) in [5, 5.41) is 10.6. The number of fused-ring (bicyclic) bond motifs is 2. The quantitative estimate of drug-likeness (QED) is 0.0804. The van der Waals surface area contributed by atoms with Crippen molar-refractivity contribution in [2.45, 2.75) is 82.8 Å². The summed E-state index contributed by atoms with van der Waals surface area (Å²) < 4.78 is 138. The fourth-order valence-electron chi connectivity index (χ4n) is 8.21. The van der Waals surface area contributed by atoms with Crippen molar-refractivity contribution in [2.75, 3.05) is 17.5 Å². The molecule has 1 aliphatic heterocycles. The monoisotopic (exact) mass is 962 g/mol. The van der Waals surface area contributed by atoms with Gasteiger partial charge in [0, 0.05) is 36.3 Å².